The molecule has 0 aliphatic heterocycles. The molecule has 0 bridgehead atoms. The van der Waals surface area contributed by atoms with E-state index in [1.165, 1.54) is 0 Å². The van der Waals surface area contributed by atoms with Gasteiger partial charge in [-0.25, -0.2) is 4.98 Å². The lowest BCUT2D eigenvalue weighted by atomic mass is 9.81. The van der Waals surface area contributed by atoms with Gasteiger partial charge in [0.05, 0.1) is 18.2 Å². The van der Waals surface area contributed by atoms with E-state index in [1.54, 1.807) is 12.1 Å². The molecule has 1 amide bonds. The van der Waals surface area contributed by atoms with Gasteiger partial charge in [0.15, 0.2) is 0 Å². The van der Waals surface area contributed by atoms with Gasteiger partial charge in [0.1, 0.15) is 5.82 Å². The first-order valence-corrected chi connectivity index (χ1v) is 11.9. The van der Waals surface area contributed by atoms with Crippen molar-refractivity contribution in [3.8, 4) is 11.3 Å². The van der Waals surface area contributed by atoms with E-state index in [2.05, 4.69) is 22.4 Å². The van der Waals surface area contributed by atoms with E-state index in [4.69, 9.17) is 15.8 Å². The fraction of sp³-hybridized carbons (Fsp3) is 0.370. The molecule has 1 heterocycles. The zero-order valence-corrected chi connectivity index (χ0v) is 19.2. The van der Waals surface area contributed by atoms with Gasteiger partial charge in [-0.15, -0.1) is 0 Å². The molecule has 0 spiro atoms. The summed E-state index contributed by atoms with van der Waals surface area (Å²) in [6, 6.07) is 17.2. The number of aromatic nitrogens is 2. The minimum atomic E-state index is -0.856. The Morgan fingerprint density at radius 1 is 1.03 bits per heavy atom. The van der Waals surface area contributed by atoms with Crippen LogP contribution in [0.3, 0.4) is 0 Å². The van der Waals surface area contributed by atoms with Gasteiger partial charge in [0, 0.05) is 17.7 Å². The molecular weight excluding hydrogens is 428 g/mol. The number of aliphatic carboxylic acids is 1. The molecular formula is C27H32N4O3. The largest absolute Gasteiger partial charge is 0.481 e. The number of carbonyl (C=O) groups is 2. The van der Waals surface area contributed by atoms with Crippen LogP contribution in [0.2, 0.25) is 0 Å². The van der Waals surface area contributed by atoms with Crippen LogP contribution in [-0.4, -0.2) is 33.5 Å². The lowest BCUT2D eigenvalue weighted by Gasteiger charge is -2.28. The third-order valence-corrected chi connectivity index (χ3v) is 6.68. The Bertz CT molecular complexity index is 1090. The van der Waals surface area contributed by atoms with Crippen LogP contribution in [-0.2, 0) is 22.4 Å². The number of hydrogen-bond acceptors (Lipinski definition) is 4. The molecule has 178 valence electrons. The Labute approximate surface area is 199 Å². The van der Waals surface area contributed by atoms with Crippen molar-refractivity contribution in [2.45, 2.75) is 44.6 Å². The van der Waals surface area contributed by atoms with Crippen LogP contribution in [0.1, 0.15) is 48.7 Å². The molecule has 7 nitrogen and oxygen atoms in total. The average molecular weight is 461 g/mol. The van der Waals surface area contributed by atoms with E-state index in [0.29, 0.717) is 24.7 Å². The van der Waals surface area contributed by atoms with Gasteiger partial charge in [-0.05, 0) is 55.7 Å². The summed E-state index contributed by atoms with van der Waals surface area (Å²) in [5.41, 5.74) is 9.32. The van der Waals surface area contributed by atoms with Crippen molar-refractivity contribution in [2.24, 2.45) is 17.6 Å². The normalized spacial score (nSPS) is 18.9. The predicted molar refractivity (Wildman–Crippen MR) is 131 cm³/mol. The Kier molecular flexibility index (Phi) is 7.75. The number of nitrogens with one attached hydrogen (secondary N) is 2. The van der Waals surface area contributed by atoms with Gasteiger partial charge in [-0.2, -0.15) is 0 Å². The highest BCUT2D eigenvalue weighted by Gasteiger charge is 2.28. The van der Waals surface area contributed by atoms with Crippen molar-refractivity contribution in [2.75, 3.05) is 6.54 Å². The van der Waals surface area contributed by atoms with Crippen LogP contribution in [0.15, 0.2) is 60.8 Å². The maximum Gasteiger partial charge on any atom is 0.307 e. The average Bonchev–Trinajstić information content (AvgIpc) is 3.35. The number of carboxylic acids is 1. The molecule has 0 saturated heterocycles. The fourth-order valence-corrected chi connectivity index (χ4v) is 4.65. The molecule has 4 rings (SSSR count). The second-order valence-corrected chi connectivity index (χ2v) is 9.14. The maximum absolute atomic E-state index is 13.1. The second-order valence-electron chi connectivity index (χ2n) is 9.14. The quantitative estimate of drug-likeness (QED) is 0.386. The summed E-state index contributed by atoms with van der Waals surface area (Å²) in [6.45, 7) is 0.692. The third-order valence-electron chi connectivity index (χ3n) is 6.68. The van der Waals surface area contributed by atoms with Gasteiger partial charge < -0.3 is 21.1 Å². The molecule has 0 radical (unpaired) electrons. The van der Waals surface area contributed by atoms with Gasteiger partial charge in [-0.1, -0.05) is 54.6 Å². The van der Waals surface area contributed by atoms with Gasteiger partial charge in [0.25, 0.3) is 0 Å². The van der Waals surface area contributed by atoms with E-state index >= 15 is 0 Å². The molecule has 0 unspecified atom stereocenters. The number of benzene rings is 2. The van der Waals surface area contributed by atoms with Gasteiger partial charge in [0.2, 0.25) is 5.91 Å². The second kappa shape index (κ2) is 11.1. The fourth-order valence-electron chi connectivity index (χ4n) is 4.65. The number of aromatic amines is 1. The van der Waals surface area contributed by atoms with Crippen LogP contribution >= 0.6 is 0 Å². The molecule has 1 aliphatic carbocycles. The number of carbonyl (C=O) groups excluding carboxylic acids is 1. The summed E-state index contributed by atoms with van der Waals surface area (Å²) in [6.07, 6.45) is 6.20. The highest BCUT2D eigenvalue weighted by atomic mass is 16.4. The number of rotatable bonds is 9. The van der Waals surface area contributed by atoms with E-state index < -0.39 is 5.97 Å². The molecule has 1 aliphatic rings. The van der Waals surface area contributed by atoms with E-state index in [-0.39, 0.29) is 24.3 Å². The standard InChI is InChI=1S/C27H32N4O3/c28-16-20-8-12-22(13-9-20)27(34)31-23(14-18-4-2-1-3-5-18)26-29-17-24(30-26)21-10-6-19(7-11-21)15-25(32)33/h1-7,10-11,17,20,22-23H,8-9,12-16,28H2,(H,29,30)(H,31,34)(H,32,33)/t20?,22?,23-/m0/s1. The first-order chi connectivity index (χ1) is 16.5. The summed E-state index contributed by atoms with van der Waals surface area (Å²) in [5.74, 6) is 0.464. The van der Waals surface area contributed by atoms with Crippen LogP contribution in [0.4, 0.5) is 0 Å². The summed E-state index contributed by atoms with van der Waals surface area (Å²) in [4.78, 5) is 32.1. The topological polar surface area (TPSA) is 121 Å². The zero-order valence-electron chi connectivity index (χ0n) is 19.2. The van der Waals surface area contributed by atoms with E-state index in [0.717, 1.165) is 48.1 Å². The highest BCUT2D eigenvalue weighted by molar-refractivity contribution is 5.79. The number of imidazole rings is 1. The maximum atomic E-state index is 13.1. The number of hydrogen-bond donors (Lipinski definition) is 4. The van der Waals surface area contributed by atoms with Gasteiger partial charge >= 0.3 is 5.97 Å². The molecule has 3 aromatic rings. The molecule has 7 heteroatoms. The van der Waals surface area contributed by atoms with Crippen molar-refractivity contribution in [3.63, 3.8) is 0 Å². The number of H-pyrrole nitrogens is 1. The van der Waals surface area contributed by atoms with Crippen LogP contribution < -0.4 is 11.1 Å². The smallest absolute Gasteiger partial charge is 0.307 e. The van der Waals surface area contributed by atoms with Crippen LogP contribution in [0.25, 0.3) is 11.3 Å². The van der Waals surface area contributed by atoms with Gasteiger partial charge in [-0.3, -0.25) is 9.59 Å². The third kappa shape index (κ3) is 6.11. The van der Waals surface area contributed by atoms with Crippen molar-refractivity contribution in [1.29, 1.82) is 0 Å². The number of amides is 1. The SMILES string of the molecule is NCC1CCC(C(=O)N[C@@H](Cc2ccccc2)c2nc(-c3ccc(CC(=O)O)cc3)c[nH]2)CC1. The molecule has 5 N–H and O–H groups in total. The summed E-state index contributed by atoms with van der Waals surface area (Å²) in [7, 11) is 0. The summed E-state index contributed by atoms with van der Waals surface area (Å²) >= 11 is 0. The van der Waals surface area contributed by atoms with Crippen LogP contribution in [0.5, 0.6) is 0 Å². The lowest BCUT2D eigenvalue weighted by molar-refractivity contribution is -0.136. The summed E-state index contributed by atoms with van der Waals surface area (Å²) in [5, 5.41) is 12.2. The molecule has 1 fully saturated rings. The van der Waals surface area contributed by atoms with Crippen molar-refractivity contribution < 1.29 is 14.7 Å². The zero-order chi connectivity index (χ0) is 23.9. The van der Waals surface area contributed by atoms with Crippen molar-refractivity contribution in [3.05, 3.63) is 77.7 Å². The molecule has 1 aromatic heterocycles. The number of carboxylic acid groups (broad SMARTS) is 1. The molecule has 2 aromatic carbocycles. The highest BCUT2D eigenvalue weighted by Crippen LogP contribution is 2.29. The predicted octanol–water partition coefficient (Wildman–Crippen LogP) is 3.87. The monoisotopic (exact) mass is 460 g/mol. The minimum Gasteiger partial charge on any atom is -0.481 e. The Hall–Kier alpha value is -3.45. The van der Waals surface area contributed by atoms with Crippen LogP contribution in [0, 0.1) is 11.8 Å². The Morgan fingerprint density at radius 3 is 2.38 bits per heavy atom. The molecule has 1 atom stereocenters. The first-order valence-electron chi connectivity index (χ1n) is 11.9. The van der Waals surface area contributed by atoms with Crippen molar-refractivity contribution in [1.82, 2.24) is 15.3 Å². The number of nitrogens with zero attached hydrogens (tertiary/aromatic N) is 1. The first kappa shape index (κ1) is 23.7. The van der Waals surface area contributed by atoms with E-state index in [1.807, 2.05) is 36.5 Å². The number of nitrogens with two attached hydrogens (primary N) is 1. The van der Waals surface area contributed by atoms with Crippen molar-refractivity contribution >= 4 is 11.9 Å². The lowest BCUT2D eigenvalue weighted by Crippen LogP contribution is -2.37. The Balaban J connectivity index is 1.50. The summed E-state index contributed by atoms with van der Waals surface area (Å²) < 4.78 is 0. The minimum absolute atomic E-state index is 0.00945. The molecule has 1 saturated carbocycles. The van der Waals surface area contributed by atoms with E-state index in [9.17, 15) is 9.59 Å². The molecule has 34 heavy (non-hydrogen) atoms. The Morgan fingerprint density at radius 2 is 1.74 bits per heavy atom.